The van der Waals surface area contributed by atoms with Gasteiger partial charge in [0, 0.05) is 0 Å². The lowest BCUT2D eigenvalue weighted by Gasteiger charge is -2.12. The van der Waals surface area contributed by atoms with Gasteiger partial charge in [0.25, 0.3) is 0 Å². The standard InChI is InChI=1S/C11H15NO2/c1-5-6-7-8-9(2)10(3)12-11(13)14-4/h1,6-8,10H,2-4H3,(H,12,13)/b7-6-,9-8+/t10-/m0/s1. The van der Waals surface area contributed by atoms with Crippen molar-refractivity contribution in [3.05, 3.63) is 23.8 Å². The molecule has 0 saturated heterocycles. The maximum Gasteiger partial charge on any atom is 0.407 e. The van der Waals surface area contributed by atoms with E-state index >= 15 is 0 Å². The Morgan fingerprint density at radius 1 is 1.64 bits per heavy atom. The van der Waals surface area contributed by atoms with Crippen LogP contribution < -0.4 is 5.32 Å². The third kappa shape index (κ3) is 5.04. The van der Waals surface area contributed by atoms with Gasteiger partial charge in [-0.15, -0.1) is 6.42 Å². The molecule has 0 fully saturated rings. The molecule has 14 heavy (non-hydrogen) atoms. The lowest BCUT2D eigenvalue weighted by Crippen LogP contribution is -2.33. The van der Waals surface area contributed by atoms with E-state index in [1.165, 1.54) is 7.11 Å². The highest BCUT2D eigenvalue weighted by molar-refractivity contribution is 5.67. The van der Waals surface area contributed by atoms with Crippen molar-refractivity contribution in [2.45, 2.75) is 19.9 Å². The predicted molar refractivity (Wildman–Crippen MR) is 56.7 cm³/mol. The molecule has 0 radical (unpaired) electrons. The maximum absolute atomic E-state index is 10.8. The van der Waals surface area contributed by atoms with Crippen LogP contribution >= 0.6 is 0 Å². The van der Waals surface area contributed by atoms with Crippen molar-refractivity contribution in [3.8, 4) is 12.3 Å². The molecule has 0 aromatic rings. The largest absolute Gasteiger partial charge is 0.453 e. The van der Waals surface area contributed by atoms with E-state index < -0.39 is 6.09 Å². The molecule has 3 heteroatoms. The molecule has 0 saturated carbocycles. The Labute approximate surface area is 84.8 Å². The number of nitrogens with one attached hydrogen (secondary N) is 1. The predicted octanol–water partition coefficient (Wildman–Crippen LogP) is 1.87. The summed E-state index contributed by atoms with van der Waals surface area (Å²) in [5.74, 6) is 2.38. The first-order valence-corrected chi connectivity index (χ1v) is 4.25. The van der Waals surface area contributed by atoms with Crippen LogP contribution in [-0.2, 0) is 4.74 Å². The molecule has 1 atom stereocenters. The summed E-state index contributed by atoms with van der Waals surface area (Å²) in [5.41, 5.74) is 1.00. The highest BCUT2D eigenvalue weighted by Crippen LogP contribution is 2.00. The summed E-state index contributed by atoms with van der Waals surface area (Å²) in [4.78, 5) is 10.8. The van der Waals surface area contributed by atoms with E-state index in [1.54, 1.807) is 12.2 Å². The van der Waals surface area contributed by atoms with Crippen molar-refractivity contribution >= 4 is 6.09 Å². The summed E-state index contributed by atoms with van der Waals surface area (Å²) in [6.45, 7) is 3.77. The summed E-state index contributed by atoms with van der Waals surface area (Å²) in [5, 5.41) is 2.64. The van der Waals surface area contributed by atoms with Crippen LogP contribution in [0.15, 0.2) is 23.8 Å². The zero-order chi connectivity index (χ0) is 11.0. The van der Waals surface area contributed by atoms with Crippen LogP contribution in [0.4, 0.5) is 4.79 Å². The van der Waals surface area contributed by atoms with Crippen molar-refractivity contribution < 1.29 is 9.53 Å². The second kappa shape index (κ2) is 6.79. The number of ether oxygens (including phenoxy) is 1. The first-order valence-electron chi connectivity index (χ1n) is 4.25. The number of amides is 1. The van der Waals surface area contributed by atoms with Crippen LogP contribution in [-0.4, -0.2) is 19.2 Å². The van der Waals surface area contributed by atoms with Gasteiger partial charge in [0.2, 0.25) is 0 Å². The molecule has 0 aliphatic carbocycles. The van der Waals surface area contributed by atoms with Crippen LogP contribution in [0.25, 0.3) is 0 Å². The van der Waals surface area contributed by atoms with Crippen molar-refractivity contribution in [2.75, 3.05) is 7.11 Å². The summed E-state index contributed by atoms with van der Waals surface area (Å²) in [6.07, 6.45) is 9.79. The first kappa shape index (κ1) is 12.3. The molecule has 3 nitrogen and oxygen atoms in total. The normalized spacial score (nSPS) is 13.4. The van der Waals surface area contributed by atoms with Gasteiger partial charge in [-0.2, -0.15) is 0 Å². The number of rotatable bonds is 3. The fourth-order valence-electron chi connectivity index (χ4n) is 0.749. The van der Waals surface area contributed by atoms with Crippen LogP contribution in [0, 0.1) is 12.3 Å². The molecule has 0 bridgehead atoms. The second-order valence-electron chi connectivity index (χ2n) is 2.79. The number of hydrogen-bond acceptors (Lipinski definition) is 2. The van der Waals surface area contributed by atoms with E-state index in [0.29, 0.717) is 0 Å². The lowest BCUT2D eigenvalue weighted by molar-refractivity contribution is 0.169. The third-order valence-corrected chi connectivity index (χ3v) is 1.75. The minimum Gasteiger partial charge on any atom is -0.453 e. The molecular weight excluding hydrogens is 178 g/mol. The van der Waals surface area contributed by atoms with Crippen molar-refractivity contribution in [2.24, 2.45) is 0 Å². The summed E-state index contributed by atoms with van der Waals surface area (Å²) in [6, 6.07) is -0.0649. The first-order chi connectivity index (χ1) is 6.61. The average molecular weight is 193 g/mol. The van der Waals surface area contributed by atoms with Gasteiger partial charge in [-0.05, 0) is 19.9 Å². The molecule has 0 aromatic carbocycles. The molecular formula is C11H15NO2. The molecule has 0 heterocycles. The fraction of sp³-hybridized carbons (Fsp3) is 0.364. The van der Waals surface area contributed by atoms with E-state index in [-0.39, 0.29) is 6.04 Å². The highest BCUT2D eigenvalue weighted by Gasteiger charge is 2.06. The average Bonchev–Trinajstić information content (AvgIpc) is 2.17. The molecule has 0 aromatic heterocycles. The Morgan fingerprint density at radius 3 is 2.79 bits per heavy atom. The molecule has 0 spiro atoms. The van der Waals surface area contributed by atoms with Gasteiger partial charge in [-0.3, -0.25) is 0 Å². The fourth-order valence-corrected chi connectivity index (χ4v) is 0.749. The van der Waals surface area contributed by atoms with E-state index in [2.05, 4.69) is 16.0 Å². The molecule has 76 valence electrons. The molecule has 1 N–H and O–H groups in total. The van der Waals surface area contributed by atoms with E-state index in [0.717, 1.165) is 5.57 Å². The molecule has 0 rings (SSSR count). The number of methoxy groups -OCH3 is 1. The smallest absolute Gasteiger partial charge is 0.407 e. The van der Waals surface area contributed by atoms with Crippen LogP contribution in [0.3, 0.4) is 0 Å². The Hall–Kier alpha value is -1.69. The van der Waals surface area contributed by atoms with Gasteiger partial charge in [0.1, 0.15) is 0 Å². The molecule has 0 aliphatic rings. The number of carbonyl (C=O) groups excluding carboxylic acids is 1. The maximum atomic E-state index is 10.8. The molecule has 1 amide bonds. The van der Waals surface area contributed by atoms with Crippen LogP contribution in [0.5, 0.6) is 0 Å². The summed E-state index contributed by atoms with van der Waals surface area (Å²) >= 11 is 0. The Balaban J connectivity index is 4.18. The molecule has 0 unspecified atom stereocenters. The van der Waals surface area contributed by atoms with Gasteiger partial charge in [0.15, 0.2) is 0 Å². The van der Waals surface area contributed by atoms with Gasteiger partial charge in [0.05, 0.1) is 13.2 Å². The van der Waals surface area contributed by atoms with E-state index in [1.807, 2.05) is 19.9 Å². The number of carbonyl (C=O) groups is 1. The zero-order valence-electron chi connectivity index (χ0n) is 8.70. The summed E-state index contributed by atoms with van der Waals surface area (Å²) < 4.78 is 4.47. The SMILES string of the molecule is C#C/C=C\C=C(/C)[C@H](C)NC(=O)OC. The highest BCUT2D eigenvalue weighted by atomic mass is 16.5. The number of allylic oxidation sites excluding steroid dienone is 3. The van der Waals surface area contributed by atoms with Crippen LogP contribution in [0.2, 0.25) is 0 Å². The van der Waals surface area contributed by atoms with Crippen molar-refractivity contribution in [1.82, 2.24) is 5.32 Å². The minimum atomic E-state index is -0.439. The van der Waals surface area contributed by atoms with Crippen molar-refractivity contribution in [1.29, 1.82) is 0 Å². The Bertz CT molecular complexity index is 284. The van der Waals surface area contributed by atoms with Crippen molar-refractivity contribution in [3.63, 3.8) is 0 Å². The number of hydrogen-bond donors (Lipinski definition) is 1. The zero-order valence-corrected chi connectivity index (χ0v) is 8.70. The third-order valence-electron chi connectivity index (χ3n) is 1.75. The van der Waals surface area contributed by atoms with E-state index in [4.69, 9.17) is 6.42 Å². The van der Waals surface area contributed by atoms with Gasteiger partial charge in [-0.1, -0.05) is 23.6 Å². The second-order valence-corrected chi connectivity index (χ2v) is 2.79. The number of terminal acetylenes is 1. The van der Waals surface area contributed by atoms with Gasteiger partial charge < -0.3 is 10.1 Å². The topological polar surface area (TPSA) is 38.3 Å². The Morgan fingerprint density at radius 2 is 2.29 bits per heavy atom. The quantitative estimate of drug-likeness (QED) is 0.549. The van der Waals surface area contributed by atoms with E-state index in [9.17, 15) is 4.79 Å². The lowest BCUT2D eigenvalue weighted by atomic mass is 10.1. The van der Waals surface area contributed by atoms with Crippen LogP contribution in [0.1, 0.15) is 13.8 Å². The molecule has 0 aliphatic heterocycles. The number of alkyl carbamates (subject to hydrolysis) is 1. The van der Waals surface area contributed by atoms with Gasteiger partial charge >= 0.3 is 6.09 Å². The Kier molecular flexibility index (Phi) is 5.97. The van der Waals surface area contributed by atoms with Gasteiger partial charge in [-0.25, -0.2) is 4.79 Å². The summed E-state index contributed by atoms with van der Waals surface area (Å²) in [7, 11) is 1.33. The monoisotopic (exact) mass is 193 g/mol. The minimum absolute atomic E-state index is 0.0649.